The zero-order chi connectivity index (χ0) is 20.6. The smallest absolute Gasteiger partial charge is 0.307 e. The molecule has 0 unspecified atom stereocenters. The molecule has 1 N–H and O–H groups in total. The minimum atomic E-state index is -3.65. The van der Waals surface area contributed by atoms with E-state index in [1.54, 1.807) is 31.3 Å². The number of rotatable bonds is 5. The van der Waals surface area contributed by atoms with Crippen molar-refractivity contribution in [1.82, 2.24) is 4.57 Å². The number of hydrogen-bond acceptors (Lipinski definition) is 5. The molecule has 0 radical (unpaired) electrons. The van der Waals surface area contributed by atoms with Crippen molar-refractivity contribution in [3.05, 3.63) is 57.2 Å². The van der Waals surface area contributed by atoms with Crippen molar-refractivity contribution in [3.8, 4) is 0 Å². The van der Waals surface area contributed by atoms with Crippen LogP contribution in [0.2, 0.25) is 0 Å². The van der Waals surface area contributed by atoms with Crippen LogP contribution in [0, 0.1) is 13.8 Å². The van der Waals surface area contributed by atoms with E-state index in [2.05, 4.69) is 5.32 Å². The Kier molecular flexibility index (Phi) is 5.31. The summed E-state index contributed by atoms with van der Waals surface area (Å²) in [6.07, 6.45) is 1.08. The first-order valence-electron chi connectivity index (χ1n) is 8.50. The molecule has 1 amide bonds. The lowest BCUT2D eigenvalue weighted by Crippen LogP contribution is -2.37. The van der Waals surface area contributed by atoms with E-state index in [-0.39, 0.29) is 11.4 Å². The van der Waals surface area contributed by atoms with Crippen molar-refractivity contribution in [1.29, 1.82) is 0 Å². The van der Waals surface area contributed by atoms with Gasteiger partial charge in [-0.3, -0.25) is 13.9 Å². The second-order valence-electron chi connectivity index (χ2n) is 6.72. The van der Waals surface area contributed by atoms with Crippen LogP contribution in [0.25, 0.3) is 10.2 Å². The molecule has 0 aliphatic rings. The largest absolute Gasteiger partial charge is 0.324 e. The van der Waals surface area contributed by atoms with Crippen LogP contribution in [0.1, 0.15) is 11.1 Å². The van der Waals surface area contributed by atoms with Gasteiger partial charge in [-0.05, 0) is 43.7 Å². The summed E-state index contributed by atoms with van der Waals surface area (Å²) in [5, 5.41) is 2.72. The van der Waals surface area contributed by atoms with Crippen molar-refractivity contribution >= 4 is 48.9 Å². The minimum absolute atomic E-state index is 0.0865. The van der Waals surface area contributed by atoms with Crippen molar-refractivity contribution in [2.45, 2.75) is 13.8 Å². The van der Waals surface area contributed by atoms with Gasteiger partial charge in [0.15, 0.2) is 0 Å². The molecule has 0 atom stereocenters. The van der Waals surface area contributed by atoms with Crippen LogP contribution in [0.3, 0.4) is 0 Å². The number of anilines is 2. The van der Waals surface area contributed by atoms with Gasteiger partial charge in [-0.15, -0.1) is 0 Å². The van der Waals surface area contributed by atoms with E-state index in [1.807, 2.05) is 26.0 Å². The summed E-state index contributed by atoms with van der Waals surface area (Å²) in [6.45, 7) is 3.39. The molecular formula is C19H21N3O4S2. The molecule has 7 nitrogen and oxygen atoms in total. The number of aromatic nitrogens is 1. The number of sulfonamides is 1. The topological polar surface area (TPSA) is 88.5 Å². The van der Waals surface area contributed by atoms with E-state index < -0.39 is 15.9 Å². The van der Waals surface area contributed by atoms with Gasteiger partial charge in [0.05, 0.1) is 22.2 Å². The van der Waals surface area contributed by atoms with Gasteiger partial charge in [0, 0.05) is 12.7 Å². The van der Waals surface area contributed by atoms with Crippen LogP contribution in [0.4, 0.5) is 11.4 Å². The quantitative estimate of drug-likeness (QED) is 0.689. The third-order valence-electron chi connectivity index (χ3n) is 4.38. The number of benzene rings is 2. The maximum atomic E-state index is 12.5. The molecule has 0 aliphatic heterocycles. The molecular weight excluding hydrogens is 398 g/mol. The van der Waals surface area contributed by atoms with Crippen molar-refractivity contribution in [2.24, 2.45) is 7.05 Å². The van der Waals surface area contributed by atoms with E-state index in [9.17, 15) is 18.0 Å². The maximum Gasteiger partial charge on any atom is 0.307 e. The minimum Gasteiger partial charge on any atom is -0.324 e. The van der Waals surface area contributed by atoms with Crippen molar-refractivity contribution < 1.29 is 13.2 Å². The molecule has 2 aromatic carbocycles. The number of hydrogen-bond donors (Lipinski definition) is 1. The zero-order valence-corrected chi connectivity index (χ0v) is 17.6. The number of amides is 1. The highest BCUT2D eigenvalue weighted by atomic mass is 32.2. The predicted molar refractivity (Wildman–Crippen MR) is 114 cm³/mol. The monoisotopic (exact) mass is 419 g/mol. The van der Waals surface area contributed by atoms with E-state index in [0.717, 1.165) is 43.2 Å². The summed E-state index contributed by atoms with van der Waals surface area (Å²) in [6, 6.07) is 10.5. The average molecular weight is 420 g/mol. The second kappa shape index (κ2) is 7.40. The summed E-state index contributed by atoms with van der Waals surface area (Å²) >= 11 is 1.09. The molecule has 1 aromatic heterocycles. The van der Waals surface area contributed by atoms with Gasteiger partial charge in [0.25, 0.3) is 0 Å². The molecule has 0 fully saturated rings. The summed E-state index contributed by atoms with van der Waals surface area (Å²) < 4.78 is 27.9. The number of carbonyl (C=O) groups excluding carboxylic acids is 1. The average Bonchev–Trinajstić information content (AvgIpc) is 2.86. The number of thiazole rings is 1. The van der Waals surface area contributed by atoms with Gasteiger partial charge in [-0.25, -0.2) is 8.42 Å². The number of fused-ring (bicyclic) bond motifs is 1. The van der Waals surface area contributed by atoms with E-state index >= 15 is 0 Å². The lowest BCUT2D eigenvalue weighted by molar-refractivity contribution is -0.114. The summed E-state index contributed by atoms with van der Waals surface area (Å²) in [7, 11) is -1.96. The Labute approximate surface area is 167 Å². The maximum absolute atomic E-state index is 12.5. The number of aryl methyl sites for hydroxylation is 3. The third-order valence-corrected chi connectivity index (χ3v) is 6.51. The van der Waals surface area contributed by atoms with Crippen LogP contribution in [-0.2, 0) is 21.9 Å². The normalized spacial score (nSPS) is 11.6. The third kappa shape index (κ3) is 4.10. The summed E-state index contributed by atoms with van der Waals surface area (Å²) in [5.41, 5.74) is 3.54. The lowest BCUT2D eigenvalue weighted by atomic mass is 10.1. The molecule has 3 aromatic rings. The van der Waals surface area contributed by atoms with Gasteiger partial charge in [-0.1, -0.05) is 29.0 Å². The number of nitrogens with zero attached hydrogens (tertiary/aromatic N) is 2. The molecule has 148 valence electrons. The number of nitrogens with one attached hydrogen (secondary N) is 1. The molecule has 0 bridgehead atoms. The summed E-state index contributed by atoms with van der Waals surface area (Å²) in [5.74, 6) is -0.465. The SMILES string of the molecule is Cc1ccc(N(CC(=O)Nc2ccc3c(c2)sc(=O)n3C)S(C)(=O)=O)c(C)c1. The van der Waals surface area contributed by atoms with Crippen LogP contribution in [-0.4, -0.2) is 31.7 Å². The Hall–Kier alpha value is -2.65. The molecule has 0 saturated carbocycles. The lowest BCUT2D eigenvalue weighted by Gasteiger charge is -2.24. The van der Waals surface area contributed by atoms with E-state index in [1.165, 1.54) is 4.57 Å². The van der Waals surface area contributed by atoms with Gasteiger partial charge >= 0.3 is 4.87 Å². The van der Waals surface area contributed by atoms with Gasteiger partial charge in [0.2, 0.25) is 15.9 Å². The van der Waals surface area contributed by atoms with Crippen LogP contribution >= 0.6 is 11.3 Å². The van der Waals surface area contributed by atoms with Gasteiger partial charge in [0.1, 0.15) is 6.54 Å². The Balaban J connectivity index is 1.85. The fraction of sp³-hybridized carbons (Fsp3) is 0.263. The van der Waals surface area contributed by atoms with E-state index in [4.69, 9.17) is 0 Å². The molecule has 1 heterocycles. The first kappa shape index (κ1) is 20.1. The number of carbonyl (C=O) groups is 1. The van der Waals surface area contributed by atoms with Crippen LogP contribution < -0.4 is 14.5 Å². The fourth-order valence-corrected chi connectivity index (χ4v) is 4.84. The van der Waals surface area contributed by atoms with E-state index in [0.29, 0.717) is 11.4 Å². The zero-order valence-electron chi connectivity index (χ0n) is 16.0. The Morgan fingerprint density at radius 1 is 1.18 bits per heavy atom. The second-order valence-corrected chi connectivity index (χ2v) is 9.62. The molecule has 0 saturated heterocycles. The predicted octanol–water partition coefficient (Wildman–Crippen LogP) is 2.62. The van der Waals surface area contributed by atoms with Crippen molar-refractivity contribution in [2.75, 3.05) is 22.4 Å². The Morgan fingerprint density at radius 2 is 1.89 bits per heavy atom. The molecule has 0 aliphatic carbocycles. The van der Waals surface area contributed by atoms with Gasteiger partial charge in [-0.2, -0.15) is 0 Å². The highest BCUT2D eigenvalue weighted by Gasteiger charge is 2.22. The Morgan fingerprint density at radius 3 is 2.54 bits per heavy atom. The first-order valence-corrected chi connectivity index (χ1v) is 11.2. The van der Waals surface area contributed by atoms with Crippen LogP contribution in [0.5, 0.6) is 0 Å². The van der Waals surface area contributed by atoms with Crippen molar-refractivity contribution in [3.63, 3.8) is 0 Å². The Bertz CT molecular complexity index is 1230. The molecule has 9 heteroatoms. The molecule has 3 rings (SSSR count). The fourth-order valence-electron chi connectivity index (χ4n) is 3.01. The molecule has 0 spiro atoms. The highest BCUT2D eigenvalue weighted by molar-refractivity contribution is 7.92. The van der Waals surface area contributed by atoms with Gasteiger partial charge < -0.3 is 9.88 Å². The first-order chi connectivity index (χ1) is 13.1. The standard InChI is InChI=1S/C19H21N3O4S2/c1-12-5-7-15(13(2)9-12)22(28(4,25)26)11-18(23)20-14-6-8-16-17(10-14)27-19(24)21(16)3/h5-10H,11H2,1-4H3,(H,20,23). The highest BCUT2D eigenvalue weighted by Crippen LogP contribution is 2.24. The summed E-state index contributed by atoms with van der Waals surface area (Å²) in [4.78, 5) is 24.2. The molecule has 28 heavy (non-hydrogen) atoms. The van der Waals surface area contributed by atoms with Crippen LogP contribution in [0.15, 0.2) is 41.2 Å².